The van der Waals surface area contributed by atoms with Gasteiger partial charge in [-0.25, -0.2) is 9.78 Å². The van der Waals surface area contributed by atoms with Crippen molar-refractivity contribution in [3.05, 3.63) is 22.8 Å². The SMILES string of the molecule is Cn1cc(-c2csc(CN(C(=O)O)C(C)(C)C)n2)cn1. The predicted octanol–water partition coefficient (Wildman–Crippen LogP) is 2.82. The molecule has 0 aliphatic rings. The van der Waals surface area contributed by atoms with E-state index in [4.69, 9.17) is 0 Å². The summed E-state index contributed by atoms with van der Waals surface area (Å²) in [6.07, 6.45) is 2.70. The van der Waals surface area contributed by atoms with Crippen molar-refractivity contribution in [1.82, 2.24) is 19.7 Å². The highest BCUT2D eigenvalue weighted by atomic mass is 32.1. The first-order chi connectivity index (χ1) is 9.27. The second-order valence-electron chi connectivity index (χ2n) is 5.57. The Morgan fingerprint density at radius 3 is 2.70 bits per heavy atom. The molecule has 0 aromatic carbocycles. The van der Waals surface area contributed by atoms with Crippen LogP contribution in [0.5, 0.6) is 0 Å². The maximum atomic E-state index is 11.3. The van der Waals surface area contributed by atoms with Crippen LogP contribution in [-0.4, -0.2) is 36.4 Å². The first-order valence-electron chi connectivity index (χ1n) is 6.21. The topological polar surface area (TPSA) is 71.2 Å². The number of hydrogen-bond donors (Lipinski definition) is 1. The molecule has 0 bridgehead atoms. The van der Waals surface area contributed by atoms with E-state index in [1.165, 1.54) is 16.2 Å². The standard InChI is InChI=1S/C13H18N4O2S/c1-13(2,3)17(12(18)19)7-11-15-10(8-20-11)9-5-14-16(4)6-9/h5-6,8H,7H2,1-4H3,(H,18,19). The second kappa shape index (κ2) is 5.24. The molecule has 2 aromatic heterocycles. The van der Waals surface area contributed by atoms with E-state index in [0.29, 0.717) is 6.54 Å². The van der Waals surface area contributed by atoms with Crippen LogP contribution in [0, 0.1) is 0 Å². The van der Waals surface area contributed by atoms with Gasteiger partial charge in [-0.3, -0.25) is 9.58 Å². The minimum Gasteiger partial charge on any atom is -0.465 e. The Bertz CT molecular complexity index is 612. The fourth-order valence-corrected chi connectivity index (χ4v) is 2.59. The zero-order valence-corrected chi connectivity index (χ0v) is 12.8. The lowest BCUT2D eigenvalue weighted by molar-refractivity contribution is 0.0955. The zero-order chi connectivity index (χ0) is 14.9. The van der Waals surface area contributed by atoms with Crippen LogP contribution < -0.4 is 0 Å². The summed E-state index contributed by atoms with van der Waals surface area (Å²) >= 11 is 1.46. The summed E-state index contributed by atoms with van der Waals surface area (Å²) in [5.74, 6) is 0. The lowest BCUT2D eigenvalue weighted by Gasteiger charge is -2.32. The summed E-state index contributed by atoms with van der Waals surface area (Å²) in [4.78, 5) is 17.2. The molecule has 108 valence electrons. The molecule has 0 atom stereocenters. The Hall–Kier alpha value is -1.89. The molecule has 20 heavy (non-hydrogen) atoms. The number of aryl methyl sites for hydroxylation is 1. The van der Waals surface area contributed by atoms with Gasteiger partial charge in [0.2, 0.25) is 0 Å². The van der Waals surface area contributed by atoms with E-state index in [0.717, 1.165) is 16.3 Å². The van der Waals surface area contributed by atoms with E-state index in [2.05, 4.69) is 10.1 Å². The number of nitrogens with zero attached hydrogens (tertiary/aromatic N) is 4. The fourth-order valence-electron chi connectivity index (χ4n) is 1.80. The number of carboxylic acid groups (broad SMARTS) is 1. The quantitative estimate of drug-likeness (QED) is 0.945. The normalized spacial score (nSPS) is 11.6. The smallest absolute Gasteiger partial charge is 0.408 e. The Kier molecular flexibility index (Phi) is 3.80. The Morgan fingerprint density at radius 1 is 1.50 bits per heavy atom. The van der Waals surface area contributed by atoms with Gasteiger partial charge in [0, 0.05) is 29.7 Å². The lowest BCUT2D eigenvalue weighted by atomic mass is 10.1. The van der Waals surface area contributed by atoms with Gasteiger partial charge in [0.15, 0.2) is 0 Å². The van der Waals surface area contributed by atoms with Crippen molar-refractivity contribution >= 4 is 17.4 Å². The van der Waals surface area contributed by atoms with E-state index >= 15 is 0 Å². The van der Waals surface area contributed by atoms with Crippen molar-refractivity contribution in [1.29, 1.82) is 0 Å². The molecule has 7 heteroatoms. The average molecular weight is 294 g/mol. The van der Waals surface area contributed by atoms with Gasteiger partial charge in [0.1, 0.15) is 5.01 Å². The van der Waals surface area contributed by atoms with Gasteiger partial charge in [-0.1, -0.05) is 0 Å². The molecule has 0 saturated carbocycles. The molecule has 1 amide bonds. The molecule has 0 spiro atoms. The van der Waals surface area contributed by atoms with Crippen molar-refractivity contribution < 1.29 is 9.90 Å². The van der Waals surface area contributed by atoms with Gasteiger partial charge in [0.05, 0.1) is 18.4 Å². The number of aromatic nitrogens is 3. The molecular weight excluding hydrogens is 276 g/mol. The van der Waals surface area contributed by atoms with Crippen LogP contribution >= 0.6 is 11.3 Å². The molecule has 2 heterocycles. The van der Waals surface area contributed by atoms with Crippen LogP contribution in [0.25, 0.3) is 11.3 Å². The van der Waals surface area contributed by atoms with Crippen LogP contribution in [0.15, 0.2) is 17.8 Å². The van der Waals surface area contributed by atoms with Gasteiger partial charge in [0.25, 0.3) is 0 Å². The molecule has 0 saturated heterocycles. The number of hydrogen-bond acceptors (Lipinski definition) is 4. The van der Waals surface area contributed by atoms with Crippen molar-refractivity contribution in [2.24, 2.45) is 7.05 Å². The van der Waals surface area contributed by atoms with Crippen LogP contribution in [0.3, 0.4) is 0 Å². The van der Waals surface area contributed by atoms with E-state index in [9.17, 15) is 9.90 Å². The van der Waals surface area contributed by atoms with Gasteiger partial charge >= 0.3 is 6.09 Å². The maximum Gasteiger partial charge on any atom is 0.408 e. The van der Waals surface area contributed by atoms with Gasteiger partial charge in [-0.05, 0) is 20.8 Å². The third kappa shape index (κ3) is 3.16. The summed E-state index contributed by atoms with van der Waals surface area (Å²) < 4.78 is 1.72. The van der Waals surface area contributed by atoms with Gasteiger partial charge < -0.3 is 5.11 Å². The number of rotatable bonds is 3. The predicted molar refractivity (Wildman–Crippen MR) is 77.6 cm³/mol. The molecule has 0 fully saturated rings. The highest BCUT2D eigenvalue weighted by Gasteiger charge is 2.27. The van der Waals surface area contributed by atoms with Crippen LogP contribution in [-0.2, 0) is 13.6 Å². The van der Waals surface area contributed by atoms with Crippen molar-refractivity contribution in [3.63, 3.8) is 0 Å². The monoisotopic (exact) mass is 294 g/mol. The van der Waals surface area contributed by atoms with Crippen LogP contribution in [0.1, 0.15) is 25.8 Å². The highest BCUT2D eigenvalue weighted by molar-refractivity contribution is 7.09. The Balaban J connectivity index is 2.19. The maximum absolute atomic E-state index is 11.3. The molecule has 2 rings (SSSR count). The van der Waals surface area contributed by atoms with Crippen molar-refractivity contribution in [2.75, 3.05) is 0 Å². The van der Waals surface area contributed by atoms with E-state index in [-0.39, 0.29) is 0 Å². The first kappa shape index (κ1) is 14.5. The summed E-state index contributed by atoms with van der Waals surface area (Å²) in [5, 5.41) is 16.1. The second-order valence-corrected chi connectivity index (χ2v) is 6.51. The van der Waals surface area contributed by atoms with Crippen molar-refractivity contribution in [2.45, 2.75) is 32.9 Å². The van der Waals surface area contributed by atoms with Crippen LogP contribution in [0.4, 0.5) is 4.79 Å². The number of carbonyl (C=O) groups is 1. The van der Waals surface area contributed by atoms with Crippen LogP contribution in [0.2, 0.25) is 0 Å². The van der Waals surface area contributed by atoms with Gasteiger partial charge in [-0.15, -0.1) is 11.3 Å². The summed E-state index contributed by atoms with van der Waals surface area (Å²) in [7, 11) is 1.85. The van der Waals surface area contributed by atoms with Crippen molar-refractivity contribution in [3.8, 4) is 11.3 Å². The third-order valence-electron chi connectivity index (χ3n) is 2.89. The molecule has 2 aromatic rings. The molecule has 0 unspecified atom stereocenters. The minimum atomic E-state index is -0.935. The third-order valence-corrected chi connectivity index (χ3v) is 3.72. The highest BCUT2D eigenvalue weighted by Crippen LogP contribution is 2.24. The summed E-state index contributed by atoms with van der Waals surface area (Å²) in [5.41, 5.74) is 1.32. The molecule has 0 aliphatic carbocycles. The fraction of sp³-hybridized carbons (Fsp3) is 0.462. The Morgan fingerprint density at radius 2 is 2.20 bits per heavy atom. The zero-order valence-electron chi connectivity index (χ0n) is 12.0. The first-order valence-corrected chi connectivity index (χ1v) is 7.09. The van der Waals surface area contributed by atoms with E-state index < -0.39 is 11.6 Å². The van der Waals surface area contributed by atoms with E-state index in [1.54, 1.807) is 10.9 Å². The molecule has 0 aliphatic heterocycles. The van der Waals surface area contributed by atoms with E-state index in [1.807, 2.05) is 39.4 Å². The molecule has 0 radical (unpaired) electrons. The average Bonchev–Trinajstić information content (AvgIpc) is 2.92. The summed E-state index contributed by atoms with van der Waals surface area (Å²) in [6, 6.07) is 0. The molecule has 1 N–H and O–H groups in total. The molecular formula is C13H18N4O2S. The lowest BCUT2D eigenvalue weighted by Crippen LogP contribution is -2.44. The Labute approximate surface area is 121 Å². The minimum absolute atomic E-state index is 0.295. The largest absolute Gasteiger partial charge is 0.465 e. The summed E-state index contributed by atoms with van der Waals surface area (Å²) in [6.45, 7) is 5.91. The van der Waals surface area contributed by atoms with Gasteiger partial charge in [-0.2, -0.15) is 5.10 Å². The number of amides is 1. The number of thiazole rings is 1. The molecule has 6 nitrogen and oxygen atoms in total.